The van der Waals surface area contributed by atoms with Crippen molar-refractivity contribution in [1.29, 1.82) is 0 Å². The Kier molecular flexibility index (Phi) is 5.65. The van der Waals surface area contributed by atoms with E-state index in [0.717, 1.165) is 0 Å². The van der Waals surface area contributed by atoms with Gasteiger partial charge in [0.05, 0.1) is 16.8 Å². The van der Waals surface area contributed by atoms with Gasteiger partial charge in [0.25, 0.3) is 5.91 Å². The average molecular weight is 406 g/mol. The van der Waals surface area contributed by atoms with E-state index in [2.05, 4.69) is 0 Å². The van der Waals surface area contributed by atoms with E-state index in [-0.39, 0.29) is 28.9 Å². The summed E-state index contributed by atoms with van der Waals surface area (Å²) in [4.78, 5) is 51.9. The number of hydrogen-bond acceptors (Lipinski definition) is 6. The van der Waals surface area contributed by atoms with Gasteiger partial charge in [0.1, 0.15) is 11.2 Å². The number of carbonyl (C=O) groups is 4. The summed E-state index contributed by atoms with van der Waals surface area (Å²) < 4.78 is 10.7. The van der Waals surface area contributed by atoms with Crippen molar-refractivity contribution >= 4 is 29.8 Å². The smallest absolute Gasteiger partial charge is 0.424 e. The number of benzene rings is 1. The Morgan fingerprint density at radius 3 is 1.90 bits per heavy atom. The molecule has 1 aromatic rings. The largest absolute Gasteiger partial charge is 0.478 e. The van der Waals surface area contributed by atoms with Crippen molar-refractivity contribution in [2.45, 2.75) is 59.3 Å². The van der Waals surface area contributed by atoms with Gasteiger partial charge in [0.2, 0.25) is 0 Å². The van der Waals surface area contributed by atoms with Gasteiger partial charge < -0.3 is 19.5 Å². The molecule has 9 nitrogen and oxygen atoms in total. The molecule has 29 heavy (non-hydrogen) atoms. The third-order valence-corrected chi connectivity index (χ3v) is 3.87. The molecule has 0 fully saturated rings. The molecular weight excluding hydrogens is 380 g/mol. The number of imide groups is 1. The molecule has 0 radical (unpaired) electrons. The van der Waals surface area contributed by atoms with Gasteiger partial charge in [0, 0.05) is 19.2 Å². The fraction of sp³-hybridized carbons (Fsp3) is 0.500. The summed E-state index contributed by atoms with van der Waals surface area (Å²) in [6, 6.07) is 2.50. The Morgan fingerprint density at radius 2 is 1.48 bits per heavy atom. The summed E-state index contributed by atoms with van der Waals surface area (Å²) in [6.45, 7) is 9.85. The van der Waals surface area contributed by atoms with Crippen LogP contribution < -0.4 is 4.90 Å². The highest BCUT2D eigenvalue weighted by Crippen LogP contribution is 2.35. The minimum absolute atomic E-state index is 0.0379. The highest BCUT2D eigenvalue weighted by atomic mass is 16.6. The third kappa shape index (κ3) is 4.85. The van der Waals surface area contributed by atoms with E-state index in [4.69, 9.17) is 9.47 Å². The second kappa shape index (κ2) is 7.38. The topological polar surface area (TPSA) is 113 Å². The number of amides is 3. The lowest BCUT2D eigenvalue weighted by Gasteiger charge is -2.29. The zero-order valence-electron chi connectivity index (χ0n) is 17.7. The zero-order chi connectivity index (χ0) is 22.3. The summed E-state index contributed by atoms with van der Waals surface area (Å²) in [5, 5.41) is 9.45. The number of carboxylic acids is 1. The van der Waals surface area contributed by atoms with Crippen LogP contribution in [-0.2, 0) is 16.0 Å². The number of fused-ring (bicyclic) bond motifs is 1. The first kappa shape index (κ1) is 22.2. The van der Waals surface area contributed by atoms with Crippen molar-refractivity contribution in [1.82, 2.24) is 4.90 Å². The molecule has 0 saturated carbocycles. The maximum atomic E-state index is 12.9. The molecule has 0 aromatic heterocycles. The summed E-state index contributed by atoms with van der Waals surface area (Å²) in [5.41, 5.74) is -1.80. The molecule has 0 bridgehead atoms. The van der Waals surface area contributed by atoms with Crippen LogP contribution in [0.25, 0.3) is 0 Å². The molecule has 2 rings (SSSR count). The number of carboxylic acid groups (broad SMARTS) is 1. The molecule has 0 spiro atoms. The summed E-state index contributed by atoms with van der Waals surface area (Å²) in [5.74, 6) is -1.72. The normalized spacial score (nSPS) is 13.8. The first-order chi connectivity index (χ1) is 13.1. The third-order valence-electron chi connectivity index (χ3n) is 3.87. The first-order valence-corrected chi connectivity index (χ1v) is 9.03. The minimum atomic E-state index is -1.21. The van der Waals surface area contributed by atoms with E-state index in [0.29, 0.717) is 4.90 Å². The second-order valence-corrected chi connectivity index (χ2v) is 8.75. The number of hydrogen-bond donors (Lipinski definition) is 1. The second-order valence-electron chi connectivity index (χ2n) is 8.75. The monoisotopic (exact) mass is 406 g/mol. The molecule has 3 amide bonds. The quantitative estimate of drug-likeness (QED) is 0.797. The molecule has 1 aliphatic heterocycles. The van der Waals surface area contributed by atoms with Gasteiger partial charge in [-0.1, -0.05) is 0 Å². The highest BCUT2D eigenvalue weighted by molar-refractivity contribution is 6.16. The molecule has 1 N–H and O–H groups in total. The Labute approximate surface area is 169 Å². The van der Waals surface area contributed by atoms with Gasteiger partial charge >= 0.3 is 18.2 Å². The van der Waals surface area contributed by atoms with Crippen LogP contribution in [0.2, 0.25) is 0 Å². The highest BCUT2D eigenvalue weighted by Gasteiger charge is 2.39. The molecule has 158 valence electrons. The lowest BCUT2D eigenvalue weighted by molar-refractivity contribution is 0.0430. The van der Waals surface area contributed by atoms with Gasteiger partial charge in [-0.15, -0.1) is 0 Å². The Bertz CT molecular complexity index is 850. The van der Waals surface area contributed by atoms with Crippen molar-refractivity contribution in [3.63, 3.8) is 0 Å². The molecule has 1 aliphatic rings. The number of aromatic carboxylic acids is 1. The Morgan fingerprint density at radius 1 is 1.00 bits per heavy atom. The summed E-state index contributed by atoms with van der Waals surface area (Å²) in [6.07, 6.45) is -2.06. The Balaban J connectivity index is 2.67. The summed E-state index contributed by atoms with van der Waals surface area (Å²) in [7, 11) is 1.50. The van der Waals surface area contributed by atoms with Gasteiger partial charge in [0.15, 0.2) is 0 Å². The molecule has 0 atom stereocenters. The van der Waals surface area contributed by atoms with Crippen molar-refractivity contribution in [2.75, 3.05) is 11.9 Å². The number of nitrogens with zero attached hydrogens (tertiary/aromatic N) is 2. The van der Waals surface area contributed by atoms with Crippen molar-refractivity contribution < 1.29 is 33.8 Å². The fourth-order valence-corrected chi connectivity index (χ4v) is 2.81. The van der Waals surface area contributed by atoms with E-state index in [1.807, 2.05) is 0 Å². The number of rotatable bonds is 2. The lowest BCUT2D eigenvalue weighted by atomic mass is 10.0. The van der Waals surface area contributed by atoms with Gasteiger partial charge in [-0.05, 0) is 53.7 Å². The summed E-state index contributed by atoms with van der Waals surface area (Å²) >= 11 is 0. The van der Waals surface area contributed by atoms with Gasteiger partial charge in [-0.25, -0.2) is 14.4 Å². The van der Waals surface area contributed by atoms with Crippen LogP contribution in [0.15, 0.2) is 12.1 Å². The lowest BCUT2D eigenvalue weighted by Crippen LogP contribution is -2.44. The number of ether oxygens (including phenoxy) is 2. The van der Waals surface area contributed by atoms with Crippen LogP contribution in [0.4, 0.5) is 15.3 Å². The average Bonchev–Trinajstić information content (AvgIpc) is 2.79. The van der Waals surface area contributed by atoms with Crippen molar-refractivity contribution in [3.05, 3.63) is 28.8 Å². The number of carbonyl (C=O) groups excluding carboxylic acids is 3. The zero-order valence-corrected chi connectivity index (χ0v) is 17.7. The Hall–Kier alpha value is -3.10. The first-order valence-electron chi connectivity index (χ1n) is 9.03. The molecule has 0 unspecified atom stereocenters. The standard InChI is InChI=1S/C20H26N2O7/c1-19(2,3)28-17(26)22(18(27)29-20(4,5)6)13-9-8-11(16(24)25)12-10-21(7)15(23)14(12)13/h8-9H,10H2,1-7H3,(H,24,25). The molecule has 9 heteroatoms. The maximum Gasteiger partial charge on any atom is 0.424 e. The van der Waals surface area contributed by atoms with Crippen LogP contribution in [-0.4, -0.2) is 52.3 Å². The van der Waals surface area contributed by atoms with Crippen LogP contribution in [0, 0.1) is 0 Å². The van der Waals surface area contributed by atoms with E-state index in [9.17, 15) is 24.3 Å². The van der Waals surface area contributed by atoms with Crippen molar-refractivity contribution in [2.24, 2.45) is 0 Å². The van der Waals surface area contributed by atoms with Crippen LogP contribution in [0.3, 0.4) is 0 Å². The van der Waals surface area contributed by atoms with Crippen LogP contribution >= 0.6 is 0 Å². The SMILES string of the molecule is CN1Cc2c(C(=O)O)ccc(N(C(=O)OC(C)(C)C)C(=O)OC(C)(C)C)c2C1=O. The van der Waals surface area contributed by atoms with Gasteiger partial charge in [-0.3, -0.25) is 4.79 Å². The van der Waals surface area contributed by atoms with Gasteiger partial charge in [-0.2, -0.15) is 4.90 Å². The van der Waals surface area contributed by atoms with E-state index in [1.54, 1.807) is 41.5 Å². The fourth-order valence-electron chi connectivity index (χ4n) is 2.81. The number of anilines is 1. The predicted octanol–water partition coefficient (Wildman–Crippen LogP) is 3.65. The van der Waals surface area contributed by atoms with Crippen molar-refractivity contribution in [3.8, 4) is 0 Å². The molecule has 0 aliphatic carbocycles. The van der Waals surface area contributed by atoms with Crippen LogP contribution in [0.5, 0.6) is 0 Å². The van der Waals surface area contributed by atoms with E-state index in [1.165, 1.54) is 24.1 Å². The van der Waals surface area contributed by atoms with E-state index < -0.39 is 35.3 Å². The molecular formula is C20H26N2O7. The molecule has 0 saturated heterocycles. The van der Waals surface area contributed by atoms with Crippen LogP contribution in [0.1, 0.15) is 67.8 Å². The maximum absolute atomic E-state index is 12.9. The molecule has 1 heterocycles. The minimum Gasteiger partial charge on any atom is -0.478 e. The predicted molar refractivity (Wildman–Crippen MR) is 104 cm³/mol. The van der Waals surface area contributed by atoms with E-state index >= 15 is 0 Å². The molecule has 1 aromatic carbocycles.